The van der Waals surface area contributed by atoms with Gasteiger partial charge in [-0.2, -0.15) is 0 Å². The number of nitrogens with one attached hydrogen (secondary N) is 1. The van der Waals surface area contributed by atoms with Gasteiger partial charge in [0.05, 0.1) is 11.8 Å². The summed E-state index contributed by atoms with van der Waals surface area (Å²) in [6.45, 7) is 1.67. The lowest BCUT2D eigenvalue weighted by Crippen LogP contribution is -2.10. The number of sulfonamides is 1. The number of halogens is 1. The highest BCUT2D eigenvalue weighted by molar-refractivity contribution is 7.99. The van der Waals surface area contributed by atoms with Gasteiger partial charge in [-0.25, -0.2) is 8.42 Å². The van der Waals surface area contributed by atoms with E-state index in [0.717, 1.165) is 32.6 Å². The van der Waals surface area contributed by atoms with E-state index in [-0.39, 0.29) is 6.54 Å². The van der Waals surface area contributed by atoms with Crippen molar-refractivity contribution in [1.82, 2.24) is 4.57 Å². The number of aliphatic carboxylic acids is 1. The maximum Gasteiger partial charge on any atom is 0.323 e. The molecule has 0 aliphatic carbocycles. The smallest absolute Gasteiger partial charge is 0.323 e. The second-order valence-electron chi connectivity index (χ2n) is 6.06. The van der Waals surface area contributed by atoms with E-state index < -0.39 is 16.0 Å². The summed E-state index contributed by atoms with van der Waals surface area (Å²) in [6, 6.07) is 12.4. The maximum absolute atomic E-state index is 11.6. The normalized spacial score (nSPS) is 11.7. The van der Waals surface area contributed by atoms with Crippen LogP contribution in [0.15, 0.2) is 52.3 Å². The Labute approximate surface area is 166 Å². The van der Waals surface area contributed by atoms with Gasteiger partial charge in [0.15, 0.2) is 0 Å². The monoisotopic (exact) mass is 424 g/mol. The molecule has 0 bridgehead atoms. The molecule has 2 aromatic carbocycles. The Balaban J connectivity index is 2.15. The van der Waals surface area contributed by atoms with Gasteiger partial charge in [0.2, 0.25) is 10.0 Å². The first-order chi connectivity index (χ1) is 12.6. The zero-order valence-electron chi connectivity index (χ0n) is 14.6. The highest BCUT2D eigenvalue weighted by Gasteiger charge is 2.18. The molecule has 0 unspecified atom stereocenters. The van der Waals surface area contributed by atoms with Crippen molar-refractivity contribution in [3.63, 3.8) is 0 Å². The molecular weight excluding hydrogens is 408 g/mol. The van der Waals surface area contributed by atoms with E-state index in [1.54, 1.807) is 34.9 Å². The van der Waals surface area contributed by atoms with Crippen LogP contribution in [0.1, 0.15) is 5.69 Å². The predicted octanol–water partition coefficient (Wildman–Crippen LogP) is 4.21. The fraction of sp³-hybridized carbons (Fsp3) is 0.167. The summed E-state index contributed by atoms with van der Waals surface area (Å²) in [5.41, 5.74) is 1.95. The molecule has 142 valence electrons. The Kier molecular flexibility index (Phi) is 5.41. The van der Waals surface area contributed by atoms with Crippen molar-refractivity contribution in [2.24, 2.45) is 0 Å². The highest BCUT2D eigenvalue weighted by Crippen LogP contribution is 2.39. The fourth-order valence-electron chi connectivity index (χ4n) is 2.82. The van der Waals surface area contributed by atoms with Crippen molar-refractivity contribution >= 4 is 55.9 Å². The van der Waals surface area contributed by atoms with Crippen LogP contribution >= 0.6 is 23.4 Å². The SMILES string of the molecule is Cc1c(Sc2ccc(Cl)cc2)c2cc(NS(C)(=O)=O)ccc2n1CC(=O)O. The molecule has 9 heteroatoms. The number of rotatable bonds is 6. The molecule has 0 atom stereocenters. The third kappa shape index (κ3) is 4.58. The summed E-state index contributed by atoms with van der Waals surface area (Å²) < 4.78 is 27.3. The molecule has 0 fully saturated rings. The molecule has 0 radical (unpaired) electrons. The Morgan fingerprint density at radius 1 is 1.22 bits per heavy atom. The average molecular weight is 425 g/mol. The van der Waals surface area contributed by atoms with Gasteiger partial charge in [-0.05, 0) is 49.4 Å². The molecule has 0 aliphatic rings. The number of carbonyl (C=O) groups is 1. The molecule has 0 saturated carbocycles. The number of anilines is 1. The second kappa shape index (κ2) is 7.46. The van der Waals surface area contributed by atoms with Crippen LogP contribution in [0.4, 0.5) is 5.69 Å². The van der Waals surface area contributed by atoms with E-state index in [4.69, 9.17) is 11.6 Å². The minimum atomic E-state index is -3.42. The standard InChI is InChI=1S/C18H17ClN2O4S2/c1-11-18(26-14-6-3-12(19)4-7-14)15-9-13(20-27(2,24)25)5-8-16(15)21(11)10-17(22)23/h3-9,20H,10H2,1-2H3,(H,22,23). The van der Waals surface area contributed by atoms with Crippen molar-refractivity contribution in [1.29, 1.82) is 0 Å². The Bertz CT molecular complexity index is 1120. The zero-order valence-corrected chi connectivity index (χ0v) is 17.0. The lowest BCUT2D eigenvalue weighted by atomic mass is 10.2. The van der Waals surface area contributed by atoms with Crippen molar-refractivity contribution in [3.8, 4) is 0 Å². The van der Waals surface area contributed by atoms with E-state index in [2.05, 4.69) is 4.72 Å². The summed E-state index contributed by atoms with van der Waals surface area (Å²) in [5, 5.41) is 10.7. The number of carboxylic acid groups (broad SMARTS) is 1. The zero-order chi connectivity index (χ0) is 19.8. The van der Waals surface area contributed by atoms with E-state index in [0.29, 0.717) is 10.7 Å². The van der Waals surface area contributed by atoms with Crippen LogP contribution in [0.5, 0.6) is 0 Å². The molecular formula is C18H17ClN2O4S2. The van der Waals surface area contributed by atoms with E-state index in [9.17, 15) is 18.3 Å². The number of benzene rings is 2. The maximum atomic E-state index is 11.6. The summed E-state index contributed by atoms with van der Waals surface area (Å²) in [4.78, 5) is 13.1. The molecule has 2 N–H and O–H groups in total. The molecule has 3 aromatic rings. The Morgan fingerprint density at radius 3 is 2.48 bits per heavy atom. The van der Waals surface area contributed by atoms with Crippen molar-refractivity contribution in [2.45, 2.75) is 23.3 Å². The van der Waals surface area contributed by atoms with Gasteiger partial charge in [-0.15, -0.1) is 0 Å². The van der Waals surface area contributed by atoms with Crippen LogP contribution in [-0.2, 0) is 21.4 Å². The van der Waals surface area contributed by atoms with Gasteiger partial charge >= 0.3 is 5.97 Å². The minimum absolute atomic E-state index is 0.178. The van der Waals surface area contributed by atoms with Crippen molar-refractivity contribution in [2.75, 3.05) is 11.0 Å². The van der Waals surface area contributed by atoms with E-state index in [1.807, 2.05) is 19.1 Å². The first-order valence-electron chi connectivity index (χ1n) is 7.90. The molecule has 0 saturated heterocycles. The van der Waals surface area contributed by atoms with Crippen LogP contribution in [0.25, 0.3) is 10.9 Å². The fourth-order valence-corrected chi connectivity index (χ4v) is 4.54. The highest BCUT2D eigenvalue weighted by atomic mass is 35.5. The van der Waals surface area contributed by atoms with Crippen LogP contribution < -0.4 is 4.72 Å². The van der Waals surface area contributed by atoms with Crippen LogP contribution in [0, 0.1) is 6.92 Å². The average Bonchev–Trinajstić information content (AvgIpc) is 2.80. The van der Waals surface area contributed by atoms with Crippen molar-refractivity contribution < 1.29 is 18.3 Å². The molecule has 6 nitrogen and oxygen atoms in total. The van der Waals surface area contributed by atoms with Crippen LogP contribution in [-0.4, -0.2) is 30.3 Å². The molecule has 0 amide bonds. The van der Waals surface area contributed by atoms with Gasteiger partial charge < -0.3 is 9.67 Å². The largest absolute Gasteiger partial charge is 0.480 e. The lowest BCUT2D eigenvalue weighted by molar-refractivity contribution is -0.137. The van der Waals surface area contributed by atoms with Gasteiger partial charge in [-0.1, -0.05) is 23.4 Å². The van der Waals surface area contributed by atoms with E-state index in [1.165, 1.54) is 11.8 Å². The molecule has 1 heterocycles. The molecule has 0 aliphatic heterocycles. The third-order valence-electron chi connectivity index (χ3n) is 3.90. The number of carboxylic acids is 1. The Hall–Kier alpha value is -2.16. The molecule has 0 spiro atoms. The predicted molar refractivity (Wildman–Crippen MR) is 108 cm³/mol. The number of aromatic nitrogens is 1. The number of hydrogen-bond donors (Lipinski definition) is 2. The quantitative estimate of drug-likeness (QED) is 0.618. The Morgan fingerprint density at radius 2 is 1.89 bits per heavy atom. The third-order valence-corrected chi connectivity index (χ3v) is 5.98. The first kappa shape index (κ1) is 19.6. The second-order valence-corrected chi connectivity index (χ2v) is 9.33. The van der Waals surface area contributed by atoms with Gasteiger partial charge in [0.1, 0.15) is 6.54 Å². The van der Waals surface area contributed by atoms with Gasteiger partial charge in [0.25, 0.3) is 0 Å². The summed E-state index contributed by atoms with van der Waals surface area (Å²) in [6.07, 6.45) is 1.08. The molecule has 27 heavy (non-hydrogen) atoms. The minimum Gasteiger partial charge on any atom is -0.480 e. The number of hydrogen-bond acceptors (Lipinski definition) is 4. The topological polar surface area (TPSA) is 88.4 Å². The summed E-state index contributed by atoms with van der Waals surface area (Å²) >= 11 is 7.42. The van der Waals surface area contributed by atoms with E-state index >= 15 is 0 Å². The molecule has 1 aromatic heterocycles. The van der Waals surface area contributed by atoms with Gasteiger partial charge in [-0.3, -0.25) is 9.52 Å². The van der Waals surface area contributed by atoms with Crippen molar-refractivity contribution in [3.05, 3.63) is 53.2 Å². The van der Waals surface area contributed by atoms with Crippen LogP contribution in [0.2, 0.25) is 5.02 Å². The summed E-state index contributed by atoms with van der Waals surface area (Å²) in [7, 11) is -3.42. The summed E-state index contributed by atoms with van der Waals surface area (Å²) in [5.74, 6) is -0.948. The lowest BCUT2D eigenvalue weighted by Gasteiger charge is -2.06. The van der Waals surface area contributed by atoms with Gasteiger partial charge in [0, 0.05) is 31.6 Å². The number of nitrogens with zero attached hydrogens (tertiary/aromatic N) is 1. The number of fused-ring (bicyclic) bond motifs is 1. The van der Waals surface area contributed by atoms with Crippen LogP contribution in [0.3, 0.4) is 0 Å². The molecule has 3 rings (SSSR count). The first-order valence-corrected chi connectivity index (χ1v) is 11.0.